The van der Waals surface area contributed by atoms with Gasteiger partial charge >= 0.3 is 0 Å². The lowest BCUT2D eigenvalue weighted by molar-refractivity contribution is 0.131. The van der Waals surface area contributed by atoms with E-state index in [0.29, 0.717) is 0 Å². The molecule has 1 atom stereocenters. The van der Waals surface area contributed by atoms with Gasteiger partial charge in [-0.25, -0.2) is 4.39 Å². The predicted molar refractivity (Wildman–Crippen MR) is 70.8 cm³/mol. The van der Waals surface area contributed by atoms with Crippen molar-refractivity contribution in [3.8, 4) is 5.75 Å². The van der Waals surface area contributed by atoms with Crippen LogP contribution in [0.25, 0.3) is 0 Å². The Balaban J connectivity index is 0.00000256. The highest BCUT2D eigenvalue weighted by Crippen LogP contribution is 2.39. The number of hydrogen-bond acceptors (Lipinski definition) is 3. The van der Waals surface area contributed by atoms with Crippen molar-refractivity contribution >= 4 is 28.3 Å². The van der Waals surface area contributed by atoms with E-state index in [1.807, 2.05) is 0 Å². The first-order chi connectivity index (χ1) is 7.29. The highest BCUT2D eigenvalue weighted by atomic mass is 79.9. The first-order valence-electron chi connectivity index (χ1n) is 4.84. The van der Waals surface area contributed by atoms with Gasteiger partial charge in [-0.3, -0.25) is 0 Å². The van der Waals surface area contributed by atoms with Gasteiger partial charge in [0.1, 0.15) is 11.6 Å². The molecule has 0 bridgehead atoms. The number of phenolic OH excluding ortho intramolecular Hbond substituents is 1. The Morgan fingerprint density at radius 3 is 2.47 bits per heavy atom. The van der Waals surface area contributed by atoms with Crippen molar-refractivity contribution < 1.29 is 14.6 Å². The maximum Gasteiger partial charge on any atom is 0.134 e. The number of phenols is 1. The van der Waals surface area contributed by atoms with Gasteiger partial charge in [0.25, 0.3) is 0 Å². The minimum absolute atomic E-state index is 0. The monoisotopic (exact) mass is 327 g/mol. The lowest BCUT2D eigenvalue weighted by Gasteiger charge is -2.30. The fourth-order valence-electron chi connectivity index (χ4n) is 1.34. The highest BCUT2D eigenvalue weighted by Gasteiger charge is 2.29. The molecule has 6 heteroatoms. The van der Waals surface area contributed by atoms with Crippen LogP contribution in [0.1, 0.15) is 25.5 Å². The topological polar surface area (TPSA) is 66.5 Å². The maximum atomic E-state index is 13.2. The third kappa shape index (κ3) is 3.55. The second kappa shape index (κ2) is 6.00. The summed E-state index contributed by atoms with van der Waals surface area (Å²) >= 11 is 3.05. The minimum Gasteiger partial charge on any atom is -0.506 e. The standard InChI is InChI=1S/C11H15BrFNO2.ClH/c1-11(2,5-15)10(14)7-3-6(13)4-8(12)9(7)16;/h3-4,10,15-16H,5,14H2,1-2H3;1H/t10-;/m0./s1. The van der Waals surface area contributed by atoms with Gasteiger partial charge in [-0.2, -0.15) is 0 Å². The molecule has 1 aromatic carbocycles. The van der Waals surface area contributed by atoms with E-state index in [0.717, 1.165) is 6.07 Å². The minimum atomic E-state index is -0.649. The number of hydrogen-bond donors (Lipinski definition) is 3. The van der Waals surface area contributed by atoms with E-state index in [9.17, 15) is 14.6 Å². The van der Waals surface area contributed by atoms with E-state index >= 15 is 0 Å². The van der Waals surface area contributed by atoms with Gasteiger partial charge in [-0.05, 0) is 28.1 Å². The molecular weight excluding hydrogens is 312 g/mol. The van der Waals surface area contributed by atoms with E-state index in [1.54, 1.807) is 13.8 Å². The summed E-state index contributed by atoms with van der Waals surface area (Å²) in [6.07, 6.45) is 0. The van der Waals surface area contributed by atoms with Gasteiger partial charge in [-0.1, -0.05) is 13.8 Å². The van der Waals surface area contributed by atoms with Crippen molar-refractivity contribution in [2.45, 2.75) is 19.9 Å². The summed E-state index contributed by atoms with van der Waals surface area (Å²) in [5.41, 5.74) is 5.56. The summed E-state index contributed by atoms with van der Waals surface area (Å²) in [6.45, 7) is 3.34. The number of aliphatic hydroxyl groups excluding tert-OH is 1. The summed E-state index contributed by atoms with van der Waals surface area (Å²) in [7, 11) is 0. The van der Waals surface area contributed by atoms with Crippen LogP contribution < -0.4 is 5.73 Å². The Hall–Kier alpha value is -0.360. The van der Waals surface area contributed by atoms with Crippen LogP contribution >= 0.6 is 28.3 Å². The molecule has 0 spiro atoms. The van der Waals surface area contributed by atoms with Crippen molar-refractivity contribution in [3.63, 3.8) is 0 Å². The molecule has 17 heavy (non-hydrogen) atoms. The molecule has 0 fully saturated rings. The Morgan fingerprint density at radius 2 is 2.00 bits per heavy atom. The molecule has 98 valence electrons. The number of halogens is 3. The largest absolute Gasteiger partial charge is 0.506 e. The summed E-state index contributed by atoms with van der Waals surface area (Å²) in [5, 5.41) is 19.0. The van der Waals surface area contributed by atoms with Crippen molar-refractivity contribution in [3.05, 3.63) is 28.0 Å². The van der Waals surface area contributed by atoms with Crippen LogP contribution in [-0.2, 0) is 0 Å². The van der Waals surface area contributed by atoms with E-state index < -0.39 is 17.3 Å². The third-order valence-electron chi connectivity index (χ3n) is 2.64. The number of aliphatic hydroxyl groups is 1. The SMILES string of the molecule is CC(C)(CO)[C@@H](N)c1cc(F)cc(Br)c1O.Cl. The molecule has 1 aromatic rings. The van der Waals surface area contributed by atoms with Crippen LogP contribution in [0.2, 0.25) is 0 Å². The predicted octanol–water partition coefficient (Wildman–Crippen LogP) is 2.73. The molecule has 0 heterocycles. The third-order valence-corrected chi connectivity index (χ3v) is 3.25. The Kier molecular flexibility index (Phi) is 5.87. The van der Waals surface area contributed by atoms with Gasteiger partial charge in [-0.15, -0.1) is 12.4 Å². The molecule has 0 unspecified atom stereocenters. The molecule has 0 saturated heterocycles. The fraction of sp³-hybridized carbons (Fsp3) is 0.455. The van der Waals surface area contributed by atoms with E-state index in [2.05, 4.69) is 15.9 Å². The van der Waals surface area contributed by atoms with Crippen LogP contribution in [0, 0.1) is 11.2 Å². The zero-order valence-electron chi connectivity index (χ0n) is 9.58. The molecule has 0 amide bonds. The average molecular weight is 329 g/mol. The lowest BCUT2D eigenvalue weighted by atomic mass is 9.81. The van der Waals surface area contributed by atoms with Crippen molar-refractivity contribution in [2.75, 3.05) is 6.61 Å². The van der Waals surface area contributed by atoms with Crippen molar-refractivity contribution in [2.24, 2.45) is 11.1 Å². The first kappa shape index (κ1) is 16.6. The molecule has 3 nitrogen and oxygen atoms in total. The summed E-state index contributed by atoms with van der Waals surface area (Å²) < 4.78 is 13.5. The molecular formula is C11H16BrClFNO2. The van der Waals surface area contributed by atoms with E-state index in [-0.39, 0.29) is 34.8 Å². The van der Waals surface area contributed by atoms with E-state index in [4.69, 9.17) is 5.73 Å². The smallest absolute Gasteiger partial charge is 0.134 e. The normalized spacial score (nSPS) is 13.1. The molecule has 4 N–H and O–H groups in total. The van der Waals surface area contributed by atoms with E-state index in [1.165, 1.54) is 6.07 Å². The lowest BCUT2D eigenvalue weighted by Crippen LogP contribution is -2.32. The van der Waals surface area contributed by atoms with Gasteiger partial charge in [0.2, 0.25) is 0 Å². The molecule has 0 aliphatic rings. The average Bonchev–Trinajstić information content (AvgIpc) is 2.22. The quantitative estimate of drug-likeness (QED) is 0.799. The number of rotatable bonds is 3. The van der Waals surface area contributed by atoms with Gasteiger partial charge in [0.15, 0.2) is 0 Å². The van der Waals surface area contributed by atoms with Crippen molar-refractivity contribution in [1.82, 2.24) is 0 Å². The molecule has 0 radical (unpaired) electrons. The first-order valence-corrected chi connectivity index (χ1v) is 5.63. The number of benzene rings is 1. The second-order valence-corrected chi connectivity index (χ2v) is 5.30. The Labute approximate surface area is 114 Å². The molecule has 0 aliphatic carbocycles. The van der Waals surface area contributed by atoms with Crippen LogP contribution in [0.4, 0.5) is 4.39 Å². The van der Waals surface area contributed by atoms with Crippen molar-refractivity contribution in [1.29, 1.82) is 0 Å². The van der Waals surface area contributed by atoms with Crippen LogP contribution in [-0.4, -0.2) is 16.8 Å². The van der Waals surface area contributed by atoms with Gasteiger partial charge in [0, 0.05) is 23.6 Å². The zero-order chi connectivity index (χ0) is 12.5. The number of aromatic hydroxyl groups is 1. The molecule has 0 saturated carbocycles. The summed E-state index contributed by atoms with van der Waals surface area (Å²) in [4.78, 5) is 0. The Morgan fingerprint density at radius 1 is 1.47 bits per heavy atom. The summed E-state index contributed by atoms with van der Waals surface area (Å²) in [5.74, 6) is -0.570. The van der Waals surface area contributed by atoms with Gasteiger partial charge in [0.05, 0.1) is 4.47 Å². The van der Waals surface area contributed by atoms with Crippen LogP contribution in [0.15, 0.2) is 16.6 Å². The van der Waals surface area contributed by atoms with Crippen LogP contribution in [0.3, 0.4) is 0 Å². The second-order valence-electron chi connectivity index (χ2n) is 4.45. The maximum absolute atomic E-state index is 13.2. The highest BCUT2D eigenvalue weighted by molar-refractivity contribution is 9.10. The zero-order valence-corrected chi connectivity index (χ0v) is 12.0. The summed E-state index contributed by atoms with van der Waals surface area (Å²) in [6, 6.07) is 1.70. The Bertz CT molecular complexity index is 401. The van der Waals surface area contributed by atoms with Crippen LogP contribution in [0.5, 0.6) is 5.75 Å². The molecule has 0 aliphatic heterocycles. The van der Waals surface area contributed by atoms with Gasteiger partial charge < -0.3 is 15.9 Å². The molecule has 0 aromatic heterocycles. The fourth-order valence-corrected chi connectivity index (χ4v) is 1.79. The number of nitrogens with two attached hydrogens (primary N) is 1. The molecule has 1 rings (SSSR count).